The summed E-state index contributed by atoms with van der Waals surface area (Å²) in [7, 11) is 0. The van der Waals surface area contributed by atoms with Crippen LogP contribution in [0.3, 0.4) is 0 Å². The molecule has 1 atom stereocenters. The first-order chi connectivity index (χ1) is 9.20. The molecule has 0 bridgehead atoms. The second-order valence-electron chi connectivity index (χ2n) is 4.16. The van der Waals surface area contributed by atoms with Crippen LogP contribution in [0.4, 0.5) is 0 Å². The van der Waals surface area contributed by atoms with E-state index in [4.69, 9.17) is 14.4 Å². The van der Waals surface area contributed by atoms with Gasteiger partial charge in [-0.25, -0.2) is 9.59 Å². The Morgan fingerprint density at radius 1 is 1.16 bits per heavy atom. The second-order valence-corrected chi connectivity index (χ2v) is 4.16. The van der Waals surface area contributed by atoms with Crippen molar-refractivity contribution in [1.29, 1.82) is 0 Å². The van der Waals surface area contributed by atoms with Gasteiger partial charge in [-0.3, -0.25) is 0 Å². The highest BCUT2D eigenvalue weighted by Crippen LogP contribution is 2.19. The fraction of sp³-hybridized carbons (Fsp3) is 0.692. The van der Waals surface area contributed by atoms with Crippen LogP contribution in [0.15, 0.2) is 11.8 Å². The van der Waals surface area contributed by atoms with Gasteiger partial charge in [-0.15, -0.1) is 0 Å². The van der Waals surface area contributed by atoms with Crippen LogP contribution >= 0.6 is 0 Å². The largest absolute Gasteiger partial charge is 0.463 e. The Balaban J connectivity index is 2.44. The van der Waals surface area contributed by atoms with E-state index >= 15 is 0 Å². The molecule has 0 saturated carbocycles. The predicted octanol–water partition coefficient (Wildman–Crippen LogP) is 1.89. The standard InChI is InChI=1S/C13H20O6/c1-3-5-7-16-12(14)10-9-18-19-11(10)13(15)17-8-6-4-2/h9,11H,3-8H2,1-2H3. The Morgan fingerprint density at radius 2 is 1.79 bits per heavy atom. The summed E-state index contributed by atoms with van der Waals surface area (Å²) in [6.45, 7) is 4.58. The quantitative estimate of drug-likeness (QED) is 0.382. The average Bonchev–Trinajstić information content (AvgIpc) is 2.88. The maximum Gasteiger partial charge on any atom is 0.344 e. The highest BCUT2D eigenvalue weighted by Gasteiger charge is 2.37. The Hall–Kier alpha value is -1.56. The molecule has 0 aromatic carbocycles. The lowest BCUT2D eigenvalue weighted by Gasteiger charge is -2.10. The van der Waals surface area contributed by atoms with Crippen LogP contribution in [0, 0.1) is 0 Å². The third-order valence-corrected chi connectivity index (χ3v) is 2.53. The van der Waals surface area contributed by atoms with E-state index in [1.807, 2.05) is 13.8 Å². The van der Waals surface area contributed by atoms with E-state index in [-0.39, 0.29) is 5.57 Å². The molecular weight excluding hydrogens is 252 g/mol. The smallest absolute Gasteiger partial charge is 0.344 e. The number of carbonyl (C=O) groups is 2. The molecule has 108 valence electrons. The first kappa shape index (κ1) is 15.5. The van der Waals surface area contributed by atoms with Crippen molar-refractivity contribution >= 4 is 11.9 Å². The maximum atomic E-state index is 11.7. The van der Waals surface area contributed by atoms with Gasteiger partial charge in [-0.2, -0.15) is 4.89 Å². The van der Waals surface area contributed by atoms with E-state index in [1.165, 1.54) is 0 Å². The molecule has 0 aliphatic carbocycles. The van der Waals surface area contributed by atoms with Crippen molar-refractivity contribution in [2.45, 2.75) is 45.6 Å². The maximum absolute atomic E-state index is 11.7. The molecule has 0 N–H and O–H groups in total. The first-order valence-electron chi connectivity index (χ1n) is 6.56. The van der Waals surface area contributed by atoms with Crippen LogP contribution in [0.25, 0.3) is 0 Å². The molecule has 6 heteroatoms. The first-order valence-corrected chi connectivity index (χ1v) is 6.56. The molecule has 19 heavy (non-hydrogen) atoms. The van der Waals surface area contributed by atoms with Crippen molar-refractivity contribution in [3.63, 3.8) is 0 Å². The van der Waals surface area contributed by atoms with Crippen LogP contribution < -0.4 is 0 Å². The zero-order chi connectivity index (χ0) is 14.1. The number of unbranched alkanes of at least 4 members (excludes halogenated alkanes) is 2. The molecule has 0 spiro atoms. The van der Waals surface area contributed by atoms with E-state index < -0.39 is 18.0 Å². The van der Waals surface area contributed by atoms with E-state index in [2.05, 4.69) is 4.89 Å². The van der Waals surface area contributed by atoms with Crippen molar-refractivity contribution in [1.82, 2.24) is 0 Å². The summed E-state index contributed by atoms with van der Waals surface area (Å²) in [4.78, 5) is 32.7. The van der Waals surface area contributed by atoms with Gasteiger partial charge in [0.25, 0.3) is 0 Å². The minimum Gasteiger partial charge on any atom is -0.463 e. The van der Waals surface area contributed by atoms with E-state index in [1.54, 1.807) is 0 Å². The molecule has 6 nitrogen and oxygen atoms in total. The fourth-order valence-electron chi connectivity index (χ4n) is 1.36. The van der Waals surface area contributed by atoms with E-state index in [0.717, 1.165) is 31.9 Å². The summed E-state index contributed by atoms with van der Waals surface area (Å²) < 4.78 is 9.98. The third kappa shape index (κ3) is 4.90. The Morgan fingerprint density at radius 3 is 2.42 bits per heavy atom. The van der Waals surface area contributed by atoms with Gasteiger partial charge in [0.15, 0.2) is 0 Å². The lowest BCUT2D eigenvalue weighted by molar-refractivity contribution is -0.255. The van der Waals surface area contributed by atoms with Gasteiger partial charge < -0.3 is 14.4 Å². The monoisotopic (exact) mass is 272 g/mol. The molecule has 1 unspecified atom stereocenters. The Labute approximate surface area is 112 Å². The van der Waals surface area contributed by atoms with Crippen LogP contribution in [-0.4, -0.2) is 31.3 Å². The SMILES string of the molecule is CCCCOC(=O)C1=COOC1C(=O)OCCCC. The molecule has 1 rings (SSSR count). The molecule has 0 fully saturated rings. The molecule has 0 aromatic rings. The van der Waals surface area contributed by atoms with Gasteiger partial charge >= 0.3 is 11.9 Å². The summed E-state index contributed by atoms with van der Waals surface area (Å²) in [5, 5.41) is 0. The van der Waals surface area contributed by atoms with Crippen molar-refractivity contribution in [3.8, 4) is 0 Å². The molecule has 0 aromatic heterocycles. The predicted molar refractivity (Wildman–Crippen MR) is 65.8 cm³/mol. The fourth-order valence-corrected chi connectivity index (χ4v) is 1.36. The van der Waals surface area contributed by atoms with Gasteiger partial charge in [0.05, 0.1) is 13.2 Å². The van der Waals surface area contributed by atoms with Gasteiger partial charge in [0, 0.05) is 0 Å². The molecule has 1 aliphatic rings. The minimum atomic E-state index is -1.15. The normalized spacial score (nSPS) is 17.6. The highest BCUT2D eigenvalue weighted by molar-refractivity contribution is 5.97. The summed E-state index contributed by atoms with van der Waals surface area (Å²) in [5.74, 6) is -1.24. The van der Waals surface area contributed by atoms with E-state index in [9.17, 15) is 9.59 Å². The zero-order valence-electron chi connectivity index (χ0n) is 11.3. The summed E-state index contributed by atoms with van der Waals surface area (Å²) in [6, 6.07) is 0. The van der Waals surface area contributed by atoms with Crippen LogP contribution in [0.1, 0.15) is 39.5 Å². The van der Waals surface area contributed by atoms with Gasteiger partial charge in [0.2, 0.25) is 6.10 Å². The van der Waals surface area contributed by atoms with Crippen LogP contribution in [-0.2, 0) is 28.8 Å². The van der Waals surface area contributed by atoms with Gasteiger partial charge in [-0.1, -0.05) is 26.7 Å². The number of carbonyl (C=O) groups excluding carboxylic acids is 2. The summed E-state index contributed by atoms with van der Waals surface area (Å²) in [6.07, 6.45) is 3.30. The zero-order valence-corrected chi connectivity index (χ0v) is 11.3. The lowest BCUT2D eigenvalue weighted by atomic mass is 10.1. The molecule has 0 radical (unpaired) electrons. The molecule has 0 amide bonds. The van der Waals surface area contributed by atoms with Gasteiger partial charge in [-0.05, 0) is 12.8 Å². The summed E-state index contributed by atoms with van der Waals surface area (Å²) in [5.41, 5.74) is 0.0394. The number of ether oxygens (including phenoxy) is 2. The topological polar surface area (TPSA) is 71.1 Å². The van der Waals surface area contributed by atoms with E-state index in [0.29, 0.717) is 13.2 Å². The Bertz CT molecular complexity index is 336. The van der Waals surface area contributed by atoms with Crippen molar-refractivity contribution < 1.29 is 28.8 Å². The molecule has 1 heterocycles. The molecule has 1 aliphatic heterocycles. The molecular formula is C13H20O6. The number of rotatable bonds is 8. The lowest BCUT2D eigenvalue weighted by Crippen LogP contribution is -2.29. The van der Waals surface area contributed by atoms with Crippen LogP contribution in [0.2, 0.25) is 0 Å². The van der Waals surface area contributed by atoms with Crippen molar-refractivity contribution in [2.24, 2.45) is 0 Å². The number of esters is 2. The Kier molecular flexibility index (Phi) is 6.95. The highest BCUT2D eigenvalue weighted by atomic mass is 17.2. The summed E-state index contributed by atoms with van der Waals surface area (Å²) >= 11 is 0. The minimum absolute atomic E-state index is 0.0394. The molecule has 0 saturated heterocycles. The number of hydrogen-bond donors (Lipinski definition) is 0. The van der Waals surface area contributed by atoms with Crippen LogP contribution in [0.5, 0.6) is 0 Å². The van der Waals surface area contributed by atoms with Gasteiger partial charge in [0.1, 0.15) is 11.8 Å². The van der Waals surface area contributed by atoms with Crippen molar-refractivity contribution in [2.75, 3.05) is 13.2 Å². The third-order valence-electron chi connectivity index (χ3n) is 2.53. The second kappa shape index (κ2) is 8.53. The average molecular weight is 272 g/mol. The number of hydrogen-bond acceptors (Lipinski definition) is 6. The van der Waals surface area contributed by atoms with Crippen molar-refractivity contribution in [3.05, 3.63) is 11.8 Å².